The van der Waals surface area contributed by atoms with Gasteiger partial charge in [0, 0.05) is 48.6 Å². The highest BCUT2D eigenvalue weighted by molar-refractivity contribution is 7.09. The highest BCUT2D eigenvalue weighted by Gasteiger charge is 2.25. The number of carbonyl (C=O) groups is 2. The summed E-state index contributed by atoms with van der Waals surface area (Å²) in [6.45, 7) is 1.43. The van der Waals surface area contributed by atoms with Gasteiger partial charge in [-0.2, -0.15) is 0 Å². The van der Waals surface area contributed by atoms with Gasteiger partial charge in [-0.25, -0.2) is 13.8 Å². The Morgan fingerprint density at radius 2 is 1.75 bits per heavy atom. The molecule has 0 radical (unpaired) electrons. The highest BCUT2D eigenvalue weighted by Crippen LogP contribution is 2.19. The van der Waals surface area contributed by atoms with Crippen molar-refractivity contribution in [2.45, 2.75) is 12.8 Å². The number of benzene rings is 2. The minimum atomic E-state index is -1.05. The maximum atomic E-state index is 13.4. The lowest BCUT2D eigenvalue weighted by Gasteiger charge is -2.34. The van der Waals surface area contributed by atoms with Gasteiger partial charge in [-0.1, -0.05) is 23.7 Å². The van der Waals surface area contributed by atoms with Crippen LogP contribution < -0.4 is 0 Å². The summed E-state index contributed by atoms with van der Waals surface area (Å²) in [5.74, 6) is -2.47. The molecule has 0 N–H and O–H groups in total. The van der Waals surface area contributed by atoms with Crippen LogP contribution in [-0.2, 0) is 17.6 Å². The molecule has 32 heavy (non-hydrogen) atoms. The fraction of sp³-hybridized carbons (Fsp3) is 0.261. The van der Waals surface area contributed by atoms with Gasteiger partial charge in [-0.3, -0.25) is 9.59 Å². The van der Waals surface area contributed by atoms with Gasteiger partial charge < -0.3 is 9.80 Å². The fourth-order valence-electron chi connectivity index (χ4n) is 3.57. The number of nitrogens with zero attached hydrogens (tertiary/aromatic N) is 3. The summed E-state index contributed by atoms with van der Waals surface area (Å²) in [5.41, 5.74) is 1.88. The average Bonchev–Trinajstić information content (AvgIpc) is 3.22. The van der Waals surface area contributed by atoms with Gasteiger partial charge in [0.2, 0.25) is 5.91 Å². The number of rotatable bonds is 5. The molecule has 9 heteroatoms. The van der Waals surface area contributed by atoms with Gasteiger partial charge in [-0.15, -0.1) is 11.3 Å². The second-order valence-corrected chi connectivity index (χ2v) is 8.90. The van der Waals surface area contributed by atoms with Crippen LogP contribution in [0, 0.1) is 11.6 Å². The molecule has 2 aromatic carbocycles. The Kier molecular flexibility index (Phi) is 6.81. The van der Waals surface area contributed by atoms with Crippen LogP contribution in [0.2, 0.25) is 5.02 Å². The Morgan fingerprint density at radius 3 is 2.47 bits per heavy atom. The zero-order chi connectivity index (χ0) is 22.7. The lowest BCUT2D eigenvalue weighted by Crippen LogP contribution is -2.51. The second-order valence-electron chi connectivity index (χ2n) is 7.52. The molecule has 5 nitrogen and oxygen atoms in total. The van der Waals surface area contributed by atoms with E-state index in [2.05, 4.69) is 4.98 Å². The molecule has 1 aliphatic rings. The van der Waals surface area contributed by atoms with Crippen LogP contribution in [-0.4, -0.2) is 52.8 Å². The van der Waals surface area contributed by atoms with E-state index in [-0.39, 0.29) is 23.8 Å². The third-order valence-corrected chi connectivity index (χ3v) is 6.39. The van der Waals surface area contributed by atoms with E-state index >= 15 is 0 Å². The normalized spacial score (nSPS) is 14.0. The van der Waals surface area contributed by atoms with Crippen molar-refractivity contribution in [2.24, 2.45) is 0 Å². The molecule has 1 saturated heterocycles. The molecule has 0 aliphatic carbocycles. The van der Waals surface area contributed by atoms with Crippen LogP contribution >= 0.6 is 22.9 Å². The number of halogens is 3. The standard InChI is InChI=1S/C23H20ClF2N3O2S/c24-17-3-1-2-15(10-17)11-21-27-18(14-32-21)13-22(30)28-6-8-29(9-7-28)23(31)16-4-5-19(25)20(26)12-16/h1-5,10,12,14H,6-9,11,13H2. The molecule has 1 fully saturated rings. The molecule has 166 valence electrons. The minimum Gasteiger partial charge on any atom is -0.339 e. The van der Waals surface area contributed by atoms with Crippen LogP contribution in [0.1, 0.15) is 26.6 Å². The summed E-state index contributed by atoms with van der Waals surface area (Å²) >= 11 is 7.53. The zero-order valence-corrected chi connectivity index (χ0v) is 18.6. The largest absolute Gasteiger partial charge is 0.339 e. The number of thiazole rings is 1. The van der Waals surface area contributed by atoms with Crippen molar-refractivity contribution in [1.82, 2.24) is 14.8 Å². The maximum Gasteiger partial charge on any atom is 0.254 e. The molecule has 1 aliphatic heterocycles. The SMILES string of the molecule is O=C(Cc1csc(Cc2cccc(Cl)c2)n1)N1CCN(C(=O)c2ccc(F)c(F)c2)CC1. The van der Waals surface area contributed by atoms with E-state index in [1.165, 1.54) is 17.4 Å². The maximum absolute atomic E-state index is 13.4. The van der Waals surface area contributed by atoms with E-state index in [9.17, 15) is 18.4 Å². The number of hydrogen-bond acceptors (Lipinski definition) is 4. The molecule has 0 bridgehead atoms. The lowest BCUT2D eigenvalue weighted by molar-refractivity contribution is -0.132. The van der Waals surface area contributed by atoms with Crippen LogP contribution in [0.5, 0.6) is 0 Å². The molecule has 0 spiro atoms. The number of carbonyl (C=O) groups excluding carboxylic acids is 2. The van der Waals surface area contributed by atoms with E-state index < -0.39 is 11.6 Å². The first-order valence-corrected chi connectivity index (χ1v) is 11.3. The van der Waals surface area contributed by atoms with E-state index in [1.807, 2.05) is 29.6 Å². The van der Waals surface area contributed by atoms with Crippen molar-refractivity contribution in [3.63, 3.8) is 0 Å². The molecule has 2 heterocycles. The first-order chi connectivity index (χ1) is 15.4. The molecular weight excluding hydrogens is 456 g/mol. The molecule has 0 atom stereocenters. The number of amides is 2. The molecule has 0 saturated carbocycles. The van der Waals surface area contributed by atoms with Gasteiger partial charge in [0.1, 0.15) is 0 Å². The summed E-state index contributed by atoms with van der Waals surface area (Å²) in [4.78, 5) is 33.0. The zero-order valence-electron chi connectivity index (χ0n) is 17.1. The summed E-state index contributed by atoms with van der Waals surface area (Å²) in [7, 11) is 0. The van der Waals surface area contributed by atoms with Crippen LogP contribution in [0.25, 0.3) is 0 Å². The van der Waals surface area contributed by atoms with Crippen LogP contribution in [0.3, 0.4) is 0 Å². The van der Waals surface area contributed by atoms with E-state index in [0.29, 0.717) is 37.6 Å². The van der Waals surface area contributed by atoms with Crippen molar-refractivity contribution < 1.29 is 18.4 Å². The van der Waals surface area contributed by atoms with Gasteiger partial charge in [-0.05, 0) is 35.9 Å². The van der Waals surface area contributed by atoms with E-state index in [1.54, 1.807) is 9.80 Å². The first kappa shape index (κ1) is 22.4. The molecule has 0 unspecified atom stereocenters. The van der Waals surface area contributed by atoms with E-state index in [0.717, 1.165) is 28.4 Å². The summed E-state index contributed by atoms with van der Waals surface area (Å²) in [6, 6.07) is 10.7. The van der Waals surface area contributed by atoms with E-state index in [4.69, 9.17) is 11.6 Å². The summed E-state index contributed by atoms with van der Waals surface area (Å²) < 4.78 is 26.5. The summed E-state index contributed by atoms with van der Waals surface area (Å²) in [5, 5.41) is 3.48. The van der Waals surface area contributed by atoms with Crippen molar-refractivity contribution >= 4 is 34.8 Å². The molecule has 3 aromatic rings. The topological polar surface area (TPSA) is 53.5 Å². The Hall–Kier alpha value is -2.84. The number of piperazine rings is 1. The van der Waals surface area contributed by atoms with Gasteiger partial charge in [0.15, 0.2) is 11.6 Å². The monoisotopic (exact) mass is 475 g/mol. The predicted molar refractivity (Wildman–Crippen MR) is 119 cm³/mol. The third kappa shape index (κ3) is 5.31. The fourth-order valence-corrected chi connectivity index (χ4v) is 4.61. The second kappa shape index (κ2) is 9.75. The Bertz CT molecular complexity index is 1150. The Labute approximate surface area is 193 Å². The van der Waals surface area contributed by atoms with Crippen molar-refractivity contribution in [1.29, 1.82) is 0 Å². The lowest BCUT2D eigenvalue weighted by atomic mass is 10.1. The minimum absolute atomic E-state index is 0.0514. The van der Waals surface area contributed by atoms with Crippen molar-refractivity contribution in [3.05, 3.63) is 86.3 Å². The van der Waals surface area contributed by atoms with Gasteiger partial charge in [0.05, 0.1) is 17.1 Å². The number of hydrogen-bond donors (Lipinski definition) is 0. The number of aromatic nitrogens is 1. The third-order valence-electron chi connectivity index (χ3n) is 5.26. The molecule has 4 rings (SSSR count). The molecular formula is C23H20ClF2N3O2S. The Balaban J connectivity index is 1.29. The van der Waals surface area contributed by atoms with Crippen LogP contribution in [0.4, 0.5) is 8.78 Å². The van der Waals surface area contributed by atoms with Crippen molar-refractivity contribution in [3.8, 4) is 0 Å². The quantitative estimate of drug-likeness (QED) is 0.556. The Morgan fingerprint density at radius 1 is 1.00 bits per heavy atom. The van der Waals surface area contributed by atoms with Crippen molar-refractivity contribution in [2.75, 3.05) is 26.2 Å². The van der Waals surface area contributed by atoms with Gasteiger partial charge in [0.25, 0.3) is 5.91 Å². The predicted octanol–water partition coefficient (Wildman–Crippen LogP) is 4.19. The van der Waals surface area contributed by atoms with Crippen LogP contribution in [0.15, 0.2) is 47.8 Å². The first-order valence-electron chi connectivity index (χ1n) is 10.1. The highest BCUT2D eigenvalue weighted by atomic mass is 35.5. The average molecular weight is 476 g/mol. The van der Waals surface area contributed by atoms with Gasteiger partial charge >= 0.3 is 0 Å². The smallest absolute Gasteiger partial charge is 0.254 e. The summed E-state index contributed by atoms with van der Waals surface area (Å²) in [6.07, 6.45) is 0.855. The molecule has 2 amide bonds. The molecule has 1 aromatic heterocycles.